The third-order valence-electron chi connectivity index (χ3n) is 4.55. The largest absolute Gasteiger partial charge is 0.550 e. The van der Waals surface area contributed by atoms with Gasteiger partial charge >= 0.3 is 0 Å². The van der Waals surface area contributed by atoms with E-state index in [0.29, 0.717) is 37.7 Å². The number of hydrogen-bond donors (Lipinski definition) is 1. The summed E-state index contributed by atoms with van der Waals surface area (Å²) in [5, 5.41) is 11.3. The number of ether oxygens (including phenoxy) is 1. The minimum atomic E-state index is -1.22. The van der Waals surface area contributed by atoms with Gasteiger partial charge in [0.1, 0.15) is 13.1 Å². The Morgan fingerprint density at radius 1 is 0.962 bits per heavy atom. The van der Waals surface area contributed by atoms with Crippen LogP contribution < -0.4 is 14.9 Å². The molecule has 1 atom stereocenters. The van der Waals surface area contributed by atoms with Crippen molar-refractivity contribution in [2.24, 2.45) is 0 Å². The molecule has 1 N–H and O–H groups in total. The lowest BCUT2D eigenvalue weighted by Gasteiger charge is -2.34. The number of carboxylic acid groups (broad SMARTS) is 1. The molecule has 2 aromatic rings. The van der Waals surface area contributed by atoms with Gasteiger partial charge in [-0.05, 0) is 24.3 Å². The number of benzene rings is 2. The Bertz CT molecular complexity index is 690. The maximum absolute atomic E-state index is 13.5. The van der Waals surface area contributed by atoms with Crippen molar-refractivity contribution in [2.75, 3.05) is 31.2 Å². The molecule has 0 bridgehead atoms. The molecule has 0 aliphatic carbocycles. The number of rotatable bonds is 6. The zero-order valence-electron chi connectivity index (χ0n) is 14.5. The highest BCUT2D eigenvalue weighted by Crippen LogP contribution is 2.25. The van der Waals surface area contributed by atoms with Crippen molar-refractivity contribution < 1.29 is 24.3 Å². The molecule has 0 saturated carbocycles. The Kier molecular flexibility index (Phi) is 5.99. The van der Waals surface area contributed by atoms with Crippen LogP contribution in [0.2, 0.25) is 0 Å². The van der Waals surface area contributed by atoms with Crippen LogP contribution >= 0.6 is 0 Å². The van der Waals surface area contributed by atoms with Crippen LogP contribution in [-0.4, -0.2) is 44.2 Å². The molecule has 2 aromatic carbocycles. The summed E-state index contributed by atoms with van der Waals surface area (Å²) in [6, 6.07) is 17.8. The Balaban J connectivity index is 1.97. The van der Waals surface area contributed by atoms with Gasteiger partial charge in [0.05, 0.1) is 13.2 Å². The molecular formula is C20H22N2O4. The van der Waals surface area contributed by atoms with E-state index in [0.717, 1.165) is 4.90 Å². The second-order valence-corrected chi connectivity index (χ2v) is 6.24. The Labute approximate surface area is 152 Å². The standard InChI is InChI=1S/C20H22N2O4/c23-19(24)15-18(21-11-13-26-14-12-21)20(25)22(16-7-3-1-4-8-16)17-9-5-2-6-10-17/h1-10,18H,11-15H2,(H,23,24)/t18-/m0/s1. The van der Waals surface area contributed by atoms with Crippen LogP contribution in [-0.2, 0) is 14.3 Å². The zero-order valence-corrected chi connectivity index (χ0v) is 14.5. The third-order valence-corrected chi connectivity index (χ3v) is 4.55. The number of amides is 1. The van der Waals surface area contributed by atoms with Gasteiger partial charge in [0, 0.05) is 23.8 Å². The number of hydrogen-bond acceptors (Lipinski definition) is 4. The molecule has 0 radical (unpaired) electrons. The first-order valence-electron chi connectivity index (χ1n) is 8.73. The molecule has 136 valence electrons. The second-order valence-electron chi connectivity index (χ2n) is 6.24. The number of carboxylic acids is 1. The van der Waals surface area contributed by atoms with E-state index in [1.807, 2.05) is 60.7 Å². The number of para-hydroxylation sites is 2. The molecule has 6 heteroatoms. The lowest BCUT2D eigenvalue weighted by atomic mass is 10.1. The van der Waals surface area contributed by atoms with Gasteiger partial charge in [-0.25, -0.2) is 0 Å². The van der Waals surface area contributed by atoms with E-state index < -0.39 is 12.0 Å². The summed E-state index contributed by atoms with van der Waals surface area (Å²) in [6.45, 7) is 2.23. The molecule has 1 fully saturated rings. The molecule has 1 aliphatic rings. The van der Waals surface area contributed by atoms with E-state index in [-0.39, 0.29) is 12.3 Å². The first-order chi connectivity index (χ1) is 12.7. The first-order valence-corrected chi connectivity index (χ1v) is 8.73. The van der Waals surface area contributed by atoms with Gasteiger partial charge in [0.15, 0.2) is 6.04 Å². The number of nitrogens with one attached hydrogen (secondary N) is 1. The van der Waals surface area contributed by atoms with Crippen molar-refractivity contribution >= 4 is 23.3 Å². The van der Waals surface area contributed by atoms with Crippen LogP contribution in [0.4, 0.5) is 11.4 Å². The quantitative estimate of drug-likeness (QED) is 0.778. The monoisotopic (exact) mass is 354 g/mol. The number of morpholine rings is 1. The van der Waals surface area contributed by atoms with Crippen LogP contribution in [0.1, 0.15) is 6.42 Å². The smallest absolute Gasteiger partial charge is 0.290 e. The van der Waals surface area contributed by atoms with Crippen molar-refractivity contribution in [3.8, 4) is 0 Å². The topological polar surface area (TPSA) is 74.1 Å². The SMILES string of the molecule is O=C([O-])C[C@@H](C(=O)N(c1ccccc1)c1ccccc1)[NH+]1CCOCC1. The summed E-state index contributed by atoms with van der Waals surface area (Å²) in [5.74, 6) is -1.47. The minimum absolute atomic E-state index is 0.247. The lowest BCUT2D eigenvalue weighted by Crippen LogP contribution is -3.19. The average molecular weight is 354 g/mol. The molecule has 3 rings (SSSR count). The van der Waals surface area contributed by atoms with Crippen LogP contribution in [0.3, 0.4) is 0 Å². The highest BCUT2D eigenvalue weighted by atomic mass is 16.5. The van der Waals surface area contributed by atoms with Gasteiger partial charge in [-0.15, -0.1) is 0 Å². The van der Waals surface area contributed by atoms with Gasteiger partial charge in [0.25, 0.3) is 5.91 Å². The highest BCUT2D eigenvalue weighted by Gasteiger charge is 2.35. The van der Waals surface area contributed by atoms with Crippen LogP contribution in [0, 0.1) is 0 Å². The minimum Gasteiger partial charge on any atom is -0.550 e. The second kappa shape index (κ2) is 8.60. The summed E-state index contributed by atoms with van der Waals surface area (Å²) in [4.78, 5) is 27.3. The highest BCUT2D eigenvalue weighted by molar-refractivity contribution is 6.03. The van der Waals surface area contributed by atoms with Gasteiger partial charge in [-0.2, -0.15) is 0 Å². The van der Waals surface area contributed by atoms with Crippen LogP contribution in [0.25, 0.3) is 0 Å². The van der Waals surface area contributed by atoms with Gasteiger partial charge in [0.2, 0.25) is 0 Å². The molecule has 1 amide bonds. The predicted molar refractivity (Wildman–Crippen MR) is 95.0 cm³/mol. The van der Waals surface area contributed by atoms with Crippen molar-refractivity contribution in [2.45, 2.75) is 12.5 Å². The normalized spacial score (nSPS) is 16.0. The van der Waals surface area contributed by atoms with Crippen molar-refractivity contribution in [1.82, 2.24) is 0 Å². The summed E-state index contributed by atoms with van der Waals surface area (Å²) in [5.41, 5.74) is 1.42. The fourth-order valence-electron chi connectivity index (χ4n) is 3.27. The molecular weight excluding hydrogens is 332 g/mol. The molecule has 0 aromatic heterocycles. The van der Waals surface area contributed by atoms with Crippen molar-refractivity contribution in [3.05, 3.63) is 60.7 Å². The Morgan fingerprint density at radius 2 is 1.46 bits per heavy atom. The van der Waals surface area contributed by atoms with Crippen LogP contribution in [0.15, 0.2) is 60.7 Å². The zero-order chi connectivity index (χ0) is 18.4. The summed E-state index contributed by atoms with van der Waals surface area (Å²) in [7, 11) is 0. The number of carbonyl (C=O) groups is 2. The first kappa shape index (κ1) is 18.1. The molecule has 1 heterocycles. The number of carbonyl (C=O) groups excluding carboxylic acids is 2. The van der Waals surface area contributed by atoms with Gasteiger partial charge in [-0.3, -0.25) is 9.69 Å². The lowest BCUT2D eigenvalue weighted by molar-refractivity contribution is -0.923. The van der Waals surface area contributed by atoms with Gasteiger partial charge < -0.3 is 19.5 Å². The van der Waals surface area contributed by atoms with Gasteiger partial charge in [-0.1, -0.05) is 36.4 Å². The summed E-state index contributed by atoms with van der Waals surface area (Å²) < 4.78 is 5.36. The average Bonchev–Trinajstić information content (AvgIpc) is 2.68. The van der Waals surface area contributed by atoms with Crippen molar-refractivity contribution in [1.29, 1.82) is 0 Å². The van der Waals surface area contributed by atoms with E-state index in [4.69, 9.17) is 4.74 Å². The molecule has 1 aliphatic heterocycles. The predicted octanol–water partition coefficient (Wildman–Crippen LogP) is -0.225. The van der Waals surface area contributed by atoms with Crippen molar-refractivity contribution in [3.63, 3.8) is 0 Å². The fourth-order valence-corrected chi connectivity index (χ4v) is 3.27. The molecule has 1 saturated heterocycles. The maximum Gasteiger partial charge on any atom is 0.290 e. The van der Waals surface area contributed by atoms with E-state index in [1.165, 1.54) is 0 Å². The number of aliphatic carboxylic acids is 1. The molecule has 0 unspecified atom stereocenters. The molecule has 26 heavy (non-hydrogen) atoms. The van der Waals surface area contributed by atoms with E-state index >= 15 is 0 Å². The number of quaternary nitrogens is 1. The number of anilines is 2. The fraction of sp³-hybridized carbons (Fsp3) is 0.300. The molecule has 0 spiro atoms. The number of nitrogens with zero attached hydrogens (tertiary/aromatic N) is 1. The summed E-state index contributed by atoms with van der Waals surface area (Å²) in [6.07, 6.45) is -0.315. The molecule has 6 nitrogen and oxygen atoms in total. The maximum atomic E-state index is 13.5. The Morgan fingerprint density at radius 3 is 1.92 bits per heavy atom. The van der Waals surface area contributed by atoms with E-state index in [1.54, 1.807) is 4.90 Å². The van der Waals surface area contributed by atoms with E-state index in [2.05, 4.69) is 0 Å². The summed E-state index contributed by atoms with van der Waals surface area (Å²) >= 11 is 0. The van der Waals surface area contributed by atoms with Crippen LogP contribution in [0.5, 0.6) is 0 Å². The Hall–Kier alpha value is -2.70. The third kappa shape index (κ3) is 4.28. The van der Waals surface area contributed by atoms with E-state index in [9.17, 15) is 14.7 Å².